The summed E-state index contributed by atoms with van der Waals surface area (Å²) in [4.78, 5) is 2.33. The molecule has 2 aromatic rings. The SMILES string of the molecule is Cc1cc(C)cc(C(N)CCN(C)Cc2ccccc2)c1. The number of rotatable bonds is 6. The molecule has 1 atom stereocenters. The van der Waals surface area contributed by atoms with Crippen molar-refractivity contribution in [2.24, 2.45) is 5.73 Å². The van der Waals surface area contributed by atoms with Crippen LogP contribution in [0.25, 0.3) is 0 Å². The fraction of sp³-hybridized carbons (Fsp3) is 0.368. The molecule has 112 valence electrons. The number of hydrogen-bond acceptors (Lipinski definition) is 2. The standard InChI is InChI=1S/C19H26N2/c1-15-11-16(2)13-18(12-15)19(20)9-10-21(3)14-17-7-5-4-6-8-17/h4-8,11-13,19H,9-10,14,20H2,1-3H3. The average molecular weight is 282 g/mol. The van der Waals surface area contributed by atoms with Crippen LogP contribution in [0.4, 0.5) is 0 Å². The molecule has 0 aliphatic heterocycles. The van der Waals surface area contributed by atoms with Gasteiger partial charge in [-0.1, -0.05) is 59.7 Å². The molecule has 2 N–H and O–H groups in total. The van der Waals surface area contributed by atoms with Gasteiger partial charge in [0.05, 0.1) is 0 Å². The Morgan fingerprint density at radius 2 is 1.62 bits per heavy atom. The van der Waals surface area contributed by atoms with E-state index in [-0.39, 0.29) is 6.04 Å². The summed E-state index contributed by atoms with van der Waals surface area (Å²) in [7, 11) is 2.15. The lowest BCUT2D eigenvalue weighted by molar-refractivity contribution is 0.311. The Kier molecular flexibility index (Phi) is 5.54. The van der Waals surface area contributed by atoms with Crippen molar-refractivity contribution < 1.29 is 0 Å². The van der Waals surface area contributed by atoms with Crippen molar-refractivity contribution in [2.45, 2.75) is 32.9 Å². The molecule has 0 bridgehead atoms. The Bertz CT molecular complexity index is 543. The predicted molar refractivity (Wildman–Crippen MR) is 90.2 cm³/mol. The van der Waals surface area contributed by atoms with Gasteiger partial charge in [0.2, 0.25) is 0 Å². The van der Waals surface area contributed by atoms with Crippen LogP contribution in [0.15, 0.2) is 48.5 Å². The molecule has 2 nitrogen and oxygen atoms in total. The van der Waals surface area contributed by atoms with Gasteiger partial charge in [-0.25, -0.2) is 0 Å². The molecular formula is C19H26N2. The molecule has 0 amide bonds. The van der Waals surface area contributed by atoms with Crippen LogP contribution in [-0.2, 0) is 6.54 Å². The first-order valence-electron chi connectivity index (χ1n) is 7.61. The fourth-order valence-corrected chi connectivity index (χ4v) is 2.72. The van der Waals surface area contributed by atoms with Gasteiger partial charge in [-0.05, 0) is 45.0 Å². The van der Waals surface area contributed by atoms with Gasteiger partial charge in [0.15, 0.2) is 0 Å². The Balaban J connectivity index is 1.87. The average Bonchev–Trinajstić information content (AvgIpc) is 2.45. The molecule has 0 radical (unpaired) electrons. The molecule has 0 aliphatic carbocycles. The molecule has 0 heterocycles. The maximum atomic E-state index is 6.35. The van der Waals surface area contributed by atoms with Crippen LogP contribution in [0.5, 0.6) is 0 Å². The molecule has 0 saturated carbocycles. The molecule has 2 heteroatoms. The first-order chi connectivity index (χ1) is 10.0. The summed E-state index contributed by atoms with van der Waals surface area (Å²) in [6.45, 7) is 6.24. The van der Waals surface area contributed by atoms with Gasteiger partial charge in [0.1, 0.15) is 0 Å². The second kappa shape index (κ2) is 7.39. The Morgan fingerprint density at radius 1 is 1.00 bits per heavy atom. The number of hydrogen-bond donors (Lipinski definition) is 1. The van der Waals surface area contributed by atoms with Crippen molar-refractivity contribution in [2.75, 3.05) is 13.6 Å². The Morgan fingerprint density at radius 3 is 2.24 bits per heavy atom. The quantitative estimate of drug-likeness (QED) is 0.872. The zero-order valence-corrected chi connectivity index (χ0v) is 13.3. The van der Waals surface area contributed by atoms with Crippen molar-refractivity contribution in [3.05, 3.63) is 70.8 Å². The Labute approximate surface area is 128 Å². The van der Waals surface area contributed by atoms with E-state index in [2.05, 4.69) is 74.3 Å². The van der Waals surface area contributed by atoms with Crippen molar-refractivity contribution >= 4 is 0 Å². The van der Waals surface area contributed by atoms with Crippen molar-refractivity contribution in [1.82, 2.24) is 4.90 Å². The maximum Gasteiger partial charge on any atom is 0.0307 e. The van der Waals surface area contributed by atoms with E-state index in [1.807, 2.05) is 0 Å². The summed E-state index contributed by atoms with van der Waals surface area (Å²) in [5.74, 6) is 0. The van der Waals surface area contributed by atoms with E-state index in [1.54, 1.807) is 0 Å². The summed E-state index contributed by atoms with van der Waals surface area (Å²) >= 11 is 0. The van der Waals surface area contributed by atoms with Crippen LogP contribution in [0.2, 0.25) is 0 Å². The minimum absolute atomic E-state index is 0.113. The lowest BCUT2D eigenvalue weighted by Gasteiger charge is -2.20. The van der Waals surface area contributed by atoms with Crippen molar-refractivity contribution in [3.63, 3.8) is 0 Å². The van der Waals surface area contributed by atoms with Gasteiger partial charge in [-0.15, -0.1) is 0 Å². The van der Waals surface area contributed by atoms with E-state index >= 15 is 0 Å². The highest BCUT2D eigenvalue weighted by Gasteiger charge is 2.09. The first kappa shape index (κ1) is 15.7. The Hall–Kier alpha value is -1.64. The molecule has 0 spiro atoms. The van der Waals surface area contributed by atoms with Crippen LogP contribution < -0.4 is 5.73 Å². The summed E-state index contributed by atoms with van der Waals surface area (Å²) in [5, 5.41) is 0. The lowest BCUT2D eigenvalue weighted by atomic mass is 9.99. The monoisotopic (exact) mass is 282 g/mol. The van der Waals surface area contributed by atoms with Gasteiger partial charge >= 0.3 is 0 Å². The normalized spacial score (nSPS) is 12.6. The zero-order valence-electron chi connectivity index (χ0n) is 13.3. The van der Waals surface area contributed by atoms with E-state index in [0.29, 0.717) is 0 Å². The molecule has 0 aromatic heterocycles. The summed E-state index contributed by atoms with van der Waals surface area (Å²) in [6, 6.07) is 17.3. The molecule has 2 rings (SSSR count). The lowest BCUT2D eigenvalue weighted by Crippen LogP contribution is -2.23. The van der Waals surface area contributed by atoms with E-state index in [9.17, 15) is 0 Å². The zero-order chi connectivity index (χ0) is 15.2. The predicted octanol–water partition coefficient (Wildman–Crippen LogP) is 3.83. The van der Waals surface area contributed by atoms with Crippen LogP contribution in [0.3, 0.4) is 0 Å². The molecule has 21 heavy (non-hydrogen) atoms. The minimum atomic E-state index is 0.113. The van der Waals surface area contributed by atoms with Gasteiger partial charge in [-0.2, -0.15) is 0 Å². The molecule has 0 fully saturated rings. The van der Waals surface area contributed by atoms with Crippen molar-refractivity contribution in [3.8, 4) is 0 Å². The first-order valence-corrected chi connectivity index (χ1v) is 7.61. The topological polar surface area (TPSA) is 29.3 Å². The third-order valence-corrected chi connectivity index (χ3v) is 3.79. The number of nitrogens with zero attached hydrogens (tertiary/aromatic N) is 1. The second-order valence-electron chi connectivity index (χ2n) is 6.04. The van der Waals surface area contributed by atoms with E-state index in [4.69, 9.17) is 5.73 Å². The molecule has 0 saturated heterocycles. The molecule has 1 unspecified atom stereocenters. The summed E-state index contributed by atoms with van der Waals surface area (Å²) in [5.41, 5.74) is 11.5. The molecule has 2 aromatic carbocycles. The smallest absolute Gasteiger partial charge is 0.0307 e. The maximum absolute atomic E-state index is 6.35. The van der Waals surface area contributed by atoms with E-state index in [1.165, 1.54) is 22.3 Å². The second-order valence-corrected chi connectivity index (χ2v) is 6.04. The van der Waals surface area contributed by atoms with Crippen LogP contribution in [0.1, 0.15) is 34.7 Å². The fourth-order valence-electron chi connectivity index (χ4n) is 2.72. The third kappa shape index (κ3) is 5.00. The van der Waals surface area contributed by atoms with Crippen LogP contribution in [-0.4, -0.2) is 18.5 Å². The van der Waals surface area contributed by atoms with Gasteiger partial charge in [0.25, 0.3) is 0 Å². The van der Waals surface area contributed by atoms with E-state index in [0.717, 1.165) is 19.5 Å². The highest BCUT2D eigenvalue weighted by molar-refractivity contribution is 5.30. The van der Waals surface area contributed by atoms with Gasteiger partial charge < -0.3 is 10.6 Å². The molecular weight excluding hydrogens is 256 g/mol. The van der Waals surface area contributed by atoms with Gasteiger partial charge in [0, 0.05) is 12.6 Å². The number of nitrogens with two attached hydrogens (primary N) is 1. The van der Waals surface area contributed by atoms with Crippen LogP contribution >= 0.6 is 0 Å². The summed E-state index contributed by atoms with van der Waals surface area (Å²) in [6.07, 6.45) is 0.978. The number of aryl methyl sites for hydroxylation is 2. The van der Waals surface area contributed by atoms with Crippen LogP contribution in [0, 0.1) is 13.8 Å². The number of benzene rings is 2. The van der Waals surface area contributed by atoms with Gasteiger partial charge in [-0.3, -0.25) is 0 Å². The third-order valence-electron chi connectivity index (χ3n) is 3.79. The van der Waals surface area contributed by atoms with Crippen molar-refractivity contribution in [1.29, 1.82) is 0 Å². The summed E-state index contributed by atoms with van der Waals surface area (Å²) < 4.78 is 0. The molecule has 0 aliphatic rings. The minimum Gasteiger partial charge on any atom is -0.324 e. The van der Waals surface area contributed by atoms with E-state index < -0.39 is 0 Å². The highest BCUT2D eigenvalue weighted by Crippen LogP contribution is 2.18. The largest absolute Gasteiger partial charge is 0.324 e. The highest BCUT2D eigenvalue weighted by atomic mass is 15.1.